The van der Waals surface area contributed by atoms with Crippen LogP contribution in [0.25, 0.3) is 17.2 Å². The maximum Gasteiger partial charge on any atom is 0.180 e. The molecule has 4 aromatic heterocycles. The molecule has 0 fully saturated rings. The Labute approximate surface area is 159 Å². The Morgan fingerprint density at radius 1 is 1.07 bits per heavy atom. The van der Waals surface area contributed by atoms with Gasteiger partial charge in [-0.05, 0) is 37.6 Å². The highest BCUT2D eigenvalue weighted by Crippen LogP contribution is 2.25. The van der Waals surface area contributed by atoms with Gasteiger partial charge >= 0.3 is 0 Å². The van der Waals surface area contributed by atoms with Crippen LogP contribution in [0.4, 0.5) is 20.3 Å². The fourth-order valence-electron chi connectivity index (χ4n) is 2.93. The summed E-state index contributed by atoms with van der Waals surface area (Å²) < 4.78 is 28.5. The molecule has 0 spiro atoms. The average Bonchev–Trinajstić information content (AvgIpc) is 3.08. The van der Waals surface area contributed by atoms with E-state index in [1.54, 1.807) is 23.6 Å². The predicted molar refractivity (Wildman–Crippen MR) is 102 cm³/mol. The molecule has 0 aliphatic rings. The topological polar surface area (TPSA) is 94.0 Å². The summed E-state index contributed by atoms with van der Waals surface area (Å²) in [7, 11) is 0. The molecule has 0 bridgehead atoms. The molecule has 9 heteroatoms. The van der Waals surface area contributed by atoms with Crippen molar-refractivity contribution in [1.29, 1.82) is 0 Å². The van der Waals surface area contributed by atoms with Crippen LogP contribution >= 0.6 is 0 Å². The van der Waals surface area contributed by atoms with Crippen LogP contribution in [-0.4, -0.2) is 24.3 Å². The number of hydrogen-bond donors (Lipinski definition) is 2. The highest BCUT2D eigenvalue weighted by atomic mass is 19.1. The van der Waals surface area contributed by atoms with Gasteiger partial charge in [0.2, 0.25) is 0 Å². The summed E-state index contributed by atoms with van der Waals surface area (Å²) >= 11 is 0. The van der Waals surface area contributed by atoms with Gasteiger partial charge in [0.05, 0.1) is 36.0 Å². The van der Waals surface area contributed by atoms with Crippen molar-refractivity contribution in [3.05, 3.63) is 65.9 Å². The third-order valence-electron chi connectivity index (χ3n) is 4.35. The molecule has 1 atom stereocenters. The van der Waals surface area contributed by atoms with Crippen molar-refractivity contribution in [3.63, 3.8) is 0 Å². The van der Waals surface area contributed by atoms with Crippen molar-refractivity contribution in [2.75, 3.05) is 11.1 Å². The zero-order valence-electron chi connectivity index (χ0n) is 15.2. The van der Waals surface area contributed by atoms with Gasteiger partial charge in [0, 0.05) is 6.20 Å². The molecule has 142 valence electrons. The number of nitrogen functional groups attached to an aromatic ring is 1. The molecule has 4 rings (SSSR count). The molecule has 4 aromatic rings. The lowest BCUT2D eigenvalue weighted by atomic mass is 10.2. The first-order valence-electron chi connectivity index (χ1n) is 8.56. The van der Waals surface area contributed by atoms with Crippen LogP contribution in [0.15, 0.2) is 43.0 Å². The van der Waals surface area contributed by atoms with E-state index in [4.69, 9.17) is 5.73 Å². The second-order valence-electron chi connectivity index (χ2n) is 6.44. The van der Waals surface area contributed by atoms with E-state index in [1.165, 1.54) is 24.5 Å². The van der Waals surface area contributed by atoms with E-state index in [9.17, 15) is 8.78 Å². The minimum absolute atomic E-state index is 0.271. The monoisotopic (exact) mass is 381 g/mol. The summed E-state index contributed by atoms with van der Waals surface area (Å²) in [6, 6.07) is 4.07. The van der Waals surface area contributed by atoms with Gasteiger partial charge in [-0.15, -0.1) is 0 Å². The van der Waals surface area contributed by atoms with Crippen LogP contribution in [0.3, 0.4) is 0 Å². The van der Waals surface area contributed by atoms with Crippen molar-refractivity contribution < 1.29 is 8.78 Å². The molecular weight excluding hydrogens is 364 g/mol. The third kappa shape index (κ3) is 3.22. The Bertz CT molecular complexity index is 1160. The number of fused-ring (bicyclic) bond motifs is 1. The van der Waals surface area contributed by atoms with E-state index < -0.39 is 5.82 Å². The number of nitrogens with zero attached hydrogens (tertiary/aromatic N) is 5. The Morgan fingerprint density at radius 2 is 1.89 bits per heavy atom. The summed E-state index contributed by atoms with van der Waals surface area (Å²) in [4.78, 5) is 17.1. The van der Waals surface area contributed by atoms with Gasteiger partial charge in [0.25, 0.3) is 0 Å². The summed E-state index contributed by atoms with van der Waals surface area (Å²) in [6.07, 6.45) is 5.54. The van der Waals surface area contributed by atoms with Crippen molar-refractivity contribution >= 4 is 17.2 Å². The Hall–Kier alpha value is -3.62. The average molecular weight is 381 g/mol. The first-order valence-corrected chi connectivity index (χ1v) is 8.56. The second-order valence-corrected chi connectivity index (χ2v) is 6.44. The van der Waals surface area contributed by atoms with Crippen molar-refractivity contribution in [2.24, 2.45) is 0 Å². The van der Waals surface area contributed by atoms with E-state index in [1.807, 2.05) is 6.92 Å². The first kappa shape index (κ1) is 17.8. The number of nitrogens with one attached hydrogen (secondary N) is 1. The van der Waals surface area contributed by atoms with Gasteiger partial charge in [-0.1, -0.05) is 0 Å². The number of pyridine rings is 2. The standard InChI is InChI=1S/C19H17F2N7/c1-10-5-13(21)9-28-16(8-25-19(10)28)18-24-7-14(22)17(27-18)26-11(2)15-4-3-12(20)6-23-15/h3-9,11H,22H2,1-2H3,(H,24,26,27). The summed E-state index contributed by atoms with van der Waals surface area (Å²) in [5.74, 6) is -0.0517. The smallest absolute Gasteiger partial charge is 0.180 e. The molecule has 7 nitrogen and oxygen atoms in total. The molecule has 1 unspecified atom stereocenters. The van der Waals surface area contributed by atoms with Gasteiger partial charge in [-0.25, -0.2) is 23.7 Å². The van der Waals surface area contributed by atoms with Crippen LogP contribution in [-0.2, 0) is 0 Å². The van der Waals surface area contributed by atoms with Gasteiger partial charge in [0.1, 0.15) is 23.0 Å². The van der Waals surface area contributed by atoms with Gasteiger partial charge in [0.15, 0.2) is 11.6 Å². The van der Waals surface area contributed by atoms with E-state index in [-0.39, 0.29) is 11.9 Å². The third-order valence-corrected chi connectivity index (χ3v) is 4.35. The molecule has 0 amide bonds. The minimum Gasteiger partial charge on any atom is -0.394 e. The lowest BCUT2D eigenvalue weighted by molar-refractivity contribution is 0.617. The van der Waals surface area contributed by atoms with Crippen molar-refractivity contribution in [2.45, 2.75) is 19.9 Å². The fraction of sp³-hybridized carbons (Fsp3) is 0.158. The van der Waals surface area contributed by atoms with Crippen molar-refractivity contribution in [3.8, 4) is 11.5 Å². The quantitative estimate of drug-likeness (QED) is 0.562. The number of aromatic nitrogens is 5. The molecule has 0 aliphatic heterocycles. The number of imidazole rings is 1. The minimum atomic E-state index is -0.407. The van der Waals surface area contributed by atoms with E-state index in [0.29, 0.717) is 39.9 Å². The number of nitrogens with two attached hydrogens (primary N) is 1. The molecule has 0 radical (unpaired) electrons. The molecule has 0 aliphatic carbocycles. The highest BCUT2D eigenvalue weighted by Gasteiger charge is 2.15. The first-order chi connectivity index (χ1) is 13.4. The Kier molecular flexibility index (Phi) is 4.34. The Morgan fingerprint density at radius 3 is 2.64 bits per heavy atom. The fourth-order valence-corrected chi connectivity index (χ4v) is 2.93. The molecule has 0 saturated heterocycles. The lowest BCUT2D eigenvalue weighted by Crippen LogP contribution is -2.12. The van der Waals surface area contributed by atoms with Crippen LogP contribution in [0, 0.1) is 18.6 Å². The number of aryl methyl sites for hydroxylation is 1. The molecule has 4 heterocycles. The number of anilines is 2. The summed E-state index contributed by atoms with van der Waals surface area (Å²) in [5.41, 5.74) is 8.84. The second kappa shape index (κ2) is 6.84. The highest BCUT2D eigenvalue weighted by molar-refractivity contribution is 5.66. The van der Waals surface area contributed by atoms with E-state index in [2.05, 4.69) is 25.3 Å². The Balaban J connectivity index is 1.71. The van der Waals surface area contributed by atoms with Crippen LogP contribution < -0.4 is 11.1 Å². The maximum atomic E-state index is 13.8. The largest absolute Gasteiger partial charge is 0.394 e. The normalized spacial score (nSPS) is 12.3. The van der Waals surface area contributed by atoms with Crippen LogP contribution in [0.2, 0.25) is 0 Å². The number of rotatable bonds is 4. The zero-order chi connectivity index (χ0) is 19.8. The van der Waals surface area contributed by atoms with E-state index >= 15 is 0 Å². The van der Waals surface area contributed by atoms with Gasteiger partial charge in [-0.2, -0.15) is 0 Å². The predicted octanol–water partition coefficient (Wildman–Crippen LogP) is 3.53. The molecule has 3 N–H and O–H groups in total. The molecular formula is C19H17F2N7. The molecule has 0 aromatic carbocycles. The molecule has 0 saturated carbocycles. The lowest BCUT2D eigenvalue weighted by Gasteiger charge is -2.16. The summed E-state index contributed by atoms with van der Waals surface area (Å²) in [5, 5.41) is 3.15. The number of hydrogen-bond acceptors (Lipinski definition) is 6. The summed E-state index contributed by atoms with van der Waals surface area (Å²) in [6.45, 7) is 3.64. The van der Waals surface area contributed by atoms with Gasteiger partial charge < -0.3 is 11.1 Å². The van der Waals surface area contributed by atoms with E-state index in [0.717, 1.165) is 6.20 Å². The number of halogens is 2. The molecule has 28 heavy (non-hydrogen) atoms. The van der Waals surface area contributed by atoms with Crippen LogP contribution in [0.5, 0.6) is 0 Å². The van der Waals surface area contributed by atoms with Gasteiger partial charge in [-0.3, -0.25) is 9.38 Å². The zero-order valence-corrected chi connectivity index (χ0v) is 15.2. The SMILES string of the molecule is Cc1cc(F)cn2c(-c3ncc(N)c(NC(C)c4ccc(F)cn4)n3)cnc12. The van der Waals surface area contributed by atoms with Crippen molar-refractivity contribution in [1.82, 2.24) is 24.3 Å². The maximum absolute atomic E-state index is 13.8. The van der Waals surface area contributed by atoms with Crippen LogP contribution in [0.1, 0.15) is 24.2 Å².